The highest BCUT2D eigenvalue weighted by Crippen LogP contribution is 2.27. The van der Waals surface area contributed by atoms with Gasteiger partial charge >= 0.3 is 0 Å². The van der Waals surface area contributed by atoms with Crippen molar-refractivity contribution in [3.05, 3.63) is 64.4 Å². The highest BCUT2D eigenvalue weighted by Gasteiger charge is 2.13. The molecule has 4 nitrogen and oxygen atoms in total. The van der Waals surface area contributed by atoms with Crippen molar-refractivity contribution in [2.45, 2.75) is 6.42 Å². The number of nitrogens with zero attached hydrogens (tertiary/aromatic N) is 2. The predicted molar refractivity (Wildman–Crippen MR) is 78.3 cm³/mol. The topological polar surface area (TPSA) is 59.2 Å². The molecule has 100 valence electrons. The summed E-state index contributed by atoms with van der Waals surface area (Å²) in [6.07, 6.45) is 0.568. The number of phenolic OH excluding ortho intramolecular Hbond substituents is 1. The maximum Gasteiger partial charge on any atom is 0.261 e. The summed E-state index contributed by atoms with van der Waals surface area (Å²) in [6, 6.07) is 14.8. The van der Waals surface area contributed by atoms with Crippen LogP contribution in [0.3, 0.4) is 0 Å². The molecule has 1 N–H and O–H groups in total. The van der Waals surface area contributed by atoms with E-state index < -0.39 is 0 Å². The van der Waals surface area contributed by atoms with Gasteiger partial charge in [-0.25, -0.2) is 0 Å². The van der Waals surface area contributed by atoms with Gasteiger partial charge < -0.3 is 9.63 Å². The molecule has 0 fully saturated rings. The second kappa shape index (κ2) is 5.46. The average Bonchev–Trinajstić information content (AvgIpc) is 2.90. The molecular formula is C15H11BrN2O2. The Morgan fingerprint density at radius 2 is 1.80 bits per heavy atom. The van der Waals surface area contributed by atoms with Crippen LogP contribution in [0, 0.1) is 0 Å². The molecule has 0 saturated carbocycles. The van der Waals surface area contributed by atoms with E-state index in [-0.39, 0.29) is 5.75 Å². The SMILES string of the molecule is Oc1ccccc1-c1nc(Cc2ccccc2Br)no1. The molecule has 0 aliphatic carbocycles. The minimum Gasteiger partial charge on any atom is -0.507 e. The zero-order valence-electron chi connectivity index (χ0n) is 10.5. The fourth-order valence-corrected chi connectivity index (χ4v) is 2.33. The van der Waals surface area contributed by atoms with Crippen LogP contribution in [-0.2, 0) is 6.42 Å². The van der Waals surface area contributed by atoms with Crippen molar-refractivity contribution in [3.8, 4) is 17.2 Å². The summed E-state index contributed by atoms with van der Waals surface area (Å²) in [6.45, 7) is 0. The van der Waals surface area contributed by atoms with E-state index in [4.69, 9.17) is 4.52 Å². The van der Waals surface area contributed by atoms with E-state index >= 15 is 0 Å². The van der Waals surface area contributed by atoms with Gasteiger partial charge in [-0.2, -0.15) is 4.98 Å². The Morgan fingerprint density at radius 3 is 2.60 bits per heavy atom. The van der Waals surface area contributed by atoms with Crippen LogP contribution in [0.15, 0.2) is 57.5 Å². The van der Waals surface area contributed by atoms with Gasteiger partial charge in [0.25, 0.3) is 5.89 Å². The van der Waals surface area contributed by atoms with Crippen LogP contribution in [0.25, 0.3) is 11.5 Å². The number of hydrogen-bond acceptors (Lipinski definition) is 4. The van der Waals surface area contributed by atoms with Gasteiger partial charge in [0, 0.05) is 10.9 Å². The number of halogens is 1. The smallest absolute Gasteiger partial charge is 0.261 e. The summed E-state index contributed by atoms with van der Waals surface area (Å²) in [4.78, 5) is 4.32. The molecular weight excluding hydrogens is 320 g/mol. The summed E-state index contributed by atoms with van der Waals surface area (Å²) in [5, 5.41) is 13.7. The minimum absolute atomic E-state index is 0.128. The van der Waals surface area contributed by atoms with Gasteiger partial charge in [0.05, 0.1) is 5.56 Å². The maximum atomic E-state index is 9.77. The van der Waals surface area contributed by atoms with Crippen LogP contribution in [-0.4, -0.2) is 15.2 Å². The number of aromatic nitrogens is 2. The van der Waals surface area contributed by atoms with Crippen molar-refractivity contribution >= 4 is 15.9 Å². The van der Waals surface area contributed by atoms with Crippen molar-refractivity contribution in [2.24, 2.45) is 0 Å². The van der Waals surface area contributed by atoms with Crippen molar-refractivity contribution in [1.29, 1.82) is 0 Å². The first-order chi connectivity index (χ1) is 9.74. The Labute approximate surface area is 124 Å². The number of rotatable bonds is 3. The van der Waals surface area contributed by atoms with E-state index in [2.05, 4.69) is 26.1 Å². The van der Waals surface area contributed by atoms with E-state index in [0.29, 0.717) is 23.7 Å². The van der Waals surface area contributed by atoms with Crippen LogP contribution in [0.5, 0.6) is 5.75 Å². The zero-order chi connectivity index (χ0) is 13.9. The summed E-state index contributed by atoms with van der Waals surface area (Å²) in [5.74, 6) is 1.03. The number of phenols is 1. The van der Waals surface area contributed by atoms with Gasteiger partial charge in [0.2, 0.25) is 0 Å². The Kier molecular flexibility index (Phi) is 3.52. The molecule has 0 spiro atoms. The van der Waals surface area contributed by atoms with Crippen LogP contribution < -0.4 is 0 Å². The lowest BCUT2D eigenvalue weighted by Gasteiger charge is -1.99. The Morgan fingerprint density at radius 1 is 1.05 bits per heavy atom. The number of benzene rings is 2. The fraction of sp³-hybridized carbons (Fsp3) is 0.0667. The van der Waals surface area contributed by atoms with Crippen molar-refractivity contribution < 1.29 is 9.63 Å². The first-order valence-corrected chi connectivity index (χ1v) is 6.87. The average molecular weight is 331 g/mol. The Balaban J connectivity index is 1.88. The number of aromatic hydroxyl groups is 1. The van der Waals surface area contributed by atoms with Gasteiger partial charge in [0.15, 0.2) is 5.82 Å². The summed E-state index contributed by atoms with van der Waals surface area (Å²) in [5.41, 5.74) is 1.62. The quantitative estimate of drug-likeness (QED) is 0.793. The first-order valence-electron chi connectivity index (χ1n) is 6.08. The normalized spacial score (nSPS) is 10.7. The fourth-order valence-electron chi connectivity index (χ4n) is 1.90. The van der Waals surface area contributed by atoms with E-state index in [1.165, 1.54) is 0 Å². The van der Waals surface area contributed by atoms with Gasteiger partial charge in [0.1, 0.15) is 5.75 Å². The molecule has 0 saturated heterocycles. The van der Waals surface area contributed by atoms with Gasteiger partial charge in [-0.3, -0.25) is 0 Å². The molecule has 0 bridgehead atoms. The van der Waals surface area contributed by atoms with E-state index in [9.17, 15) is 5.11 Å². The lowest BCUT2D eigenvalue weighted by Crippen LogP contribution is -1.91. The first kappa shape index (κ1) is 12.9. The number of para-hydroxylation sites is 1. The zero-order valence-corrected chi connectivity index (χ0v) is 12.0. The molecule has 5 heteroatoms. The van der Waals surface area contributed by atoms with E-state index in [1.54, 1.807) is 18.2 Å². The van der Waals surface area contributed by atoms with Gasteiger partial charge in [-0.15, -0.1) is 0 Å². The third kappa shape index (κ3) is 2.58. The van der Waals surface area contributed by atoms with Crippen molar-refractivity contribution in [3.63, 3.8) is 0 Å². The molecule has 1 aromatic heterocycles. The molecule has 3 rings (SSSR count). The summed E-state index contributed by atoms with van der Waals surface area (Å²) >= 11 is 3.49. The standard InChI is InChI=1S/C15H11BrN2O2/c16-12-7-3-1-5-10(12)9-14-17-15(20-18-14)11-6-2-4-8-13(11)19/h1-8,19H,9H2. The van der Waals surface area contributed by atoms with Crippen molar-refractivity contribution in [1.82, 2.24) is 10.1 Å². The molecule has 2 aromatic carbocycles. The largest absolute Gasteiger partial charge is 0.507 e. The molecule has 0 aliphatic heterocycles. The van der Waals surface area contributed by atoms with Crippen LogP contribution in [0.4, 0.5) is 0 Å². The van der Waals surface area contributed by atoms with Gasteiger partial charge in [-0.05, 0) is 23.8 Å². The molecule has 0 aliphatic rings. The number of hydrogen-bond donors (Lipinski definition) is 1. The summed E-state index contributed by atoms with van der Waals surface area (Å²) < 4.78 is 6.22. The molecule has 0 unspecified atom stereocenters. The van der Waals surface area contributed by atoms with Crippen LogP contribution in [0.1, 0.15) is 11.4 Å². The Bertz CT molecular complexity index is 740. The Hall–Kier alpha value is -2.14. The second-order valence-electron chi connectivity index (χ2n) is 4.30. The lowest BCUT2D eigenvalue weighted by molar-refractivity contribution is 0.418. The third-order valence-corrected chi connectivity index (χ3v) is 3.68. The highest BCUT2D eigenvalue weighted by molar-refractivity contribution is 9.10. The van der Waals surface area contributed by atoms with E-state index in [0.717, 1.165) is 10.0 Å². The van der Waals surface area contributed by atoms with Crippen molar-refractivity contribution in [2.75, 3.05) is 0 Å². The third-order valence-electron chi connectivity index (χ3n) is 2.91. The molecule has 0 atom stereocenters. The monoisotopic (exact) mass is 330 g/mol. The minimum atomic E-state index is 0.128. The van der Waals surface area contributed by atoms with Crippen LogP contribution in [0.2, 0.25) is 0 Å². The molecule has 0 radical (unpaired) electrons. The molecule has 0 amide bonds. The molecule has 1 heterocycles. The van der Waals surface area contributed by atoms with Crippen LogP contribution >= 0.6 is 15.9 Å². The maximum absolute atomic E-state index is 9.77. The highest BCUT2D eigenvalue weighted by atomic mass is 79.9. The predicted octanol–water partition coefficient (Wildman–Crippen LogP) is 3.80. The second-order valence-corrected chi connectivity index (χ2v) is 5.16. The summed E-state index contributed by atoms with van der Waals surface area (Å²) in [7, 11) is 0. The molecule has 20 heavy (non-hydrogen) atoms. The lowest BCUT2D eigenvalue weighted by atomic mass is 10.1. The molecule has 3 aromatic rings. The van der Waals surface area contributed by atoms with Gasteiger partial charge in [-0.1, -0.05) is 51.4 Å². The van der Waals surface area contributed by atoms with E-state index in [1.807, 2.05) is 30.3 Å².